The van der Waals surface area contributed by atoms with Gasteiger partial charge in [-0.15, -0.1) is 0 Å². The van der Waals surface area contributed by atoms with Gasteiger partial charge in [0, 0.05) is 49.9 Å². The molecule has 4 fully saturated rings. The number of anilines is 1. The first-order valence-electron chi connectivity index (χ1n) is 14.0. The molecular weight excluding hydrogens is 583 g/mol. The SMILES string of the molecule is Oc1cc(Cl)c(C(F)(F)F)c(-c2ncc3c(N4CC5CCC(C4)N5)nc(OC[C@@]45CCCN4C[C@H](F)C5)nc3c2F)c1. The molecule has 2 unspecified atom stereocenters. The number of nitrogens with one attached hydrogen (secondary N) is 1. The summed E-state index contributed by atoms with van der Waals surface area (Å²) in [5.74, 6) is -1.33. The number of hydrogen-bond donors (Lipinski definition) is 2. The Hall–Kier alpha value is -3.03. The topological polar surface area (TPSA) is 86.6 Å². The molecule has 0 spiro atoms. The fraction of sp³-hybridized carbons (Fsp3) is 0.536. The van der Waals surface area contributed by atoms with Crippen molar-refractivity contribution in [3.8, 4) is 23.0 Å². The van der Waals surface area contributed by atoms with Gasteiger partial charge in [0.05, 0.1) is 21.5 Å². The van der Waals surface area contributed by atoms with E-state index in [0.29, 0.717) is 31.9 Å². The van der Waals surface area contributed by atoms with Crippen LogP contribution >= 0.6 is 11.6 Å². The Balaban J connectivity index is 1.35. The molecule has 1 aromatic carbocycles. The zero-order valence-corrected chi connectivity index (χ0v) is 23.2. The van der Waals surface area contributed by atoms with E-state index in [4.69, 9.17) is 16.3 Å². The van der Waals surface area contributed by atoms with Gasteiger partial charge in [0.2, 0.25) is 0 Å². The largest absolute Gasteiger partial charge is 0.508 e. The lowest BCUT2D eigenvalue weighted by atomic mass is 9.95. The van der Waals surface area contributed by atoms with Crippen LogP contribution in [0.25, 0.3) is 22.2 Å². The highest BCUT2D eigenvalue weighted by atomic mass is 35.5. The molecule has 2 bridgehead atoms. The molecule has 6 heterocycles. The molecule has 3 aromatic rings. The Morgan fingerprint density at radius 2 is 1.90 bits per heavy atom. The highest BCUT2D eigenvalue weighted by Gasteiger charge is 2.49. The third-order valence-electron chi connectivity index (χ3n) is 9.00. The van der Waals surface area contributed by atoms with Gasteiger partial charge in [-0.1, -0.05) is 11.6 Å². The van der Waals surface area contributed by atoms with E-state index in [-0.39, 0.29) is 35.6 Å². The van der Waals surface area contributed by atoms with Crippen LogP contribution in [0.1, 0.15) is 37.7 Å². The Kier molecular flexibility index (Phi) is 6.63. The van der Waals surface area contributed by atoms with Gasteiger partial charge in [-0.2, -0.15) is 23.1 Å². The normalized spacial score (nSPS) is 27.7. The molecule has 0 aliphatic carbocycles. The van der Waals surface area contributed by atoms with Gasteiger partial charge in [-0.3, -0.25) is 9.88 Å². The van der Waals surface area contributed by atoms with E-state index in [0.717, 1.165) is 44.4 Å². The maximum absolute atomic E-state index is 16.3. The summed E-state index contributed by atoms with van der Waals surface area (Å²) in [6.07, 6.45) is -0.752. The number of rotatable bonds is 5. The lowest BCUT2D eigenvalue weighted by molar-refractivity contribution is -0.137. The smallest absolute Gasteiger partial charge is 0.418 e. The molecule has 0 amide bonds. The first-order chi connectivity index (χ1) is 20.0. The Morgan fingerprint density at radius 3 is 2.64 bits per heavy atom. The van der Waals surface area contributed by atoms with Gasteiger partial charge in [0.1, 0.15) is 35.6 Å². The summed E-state index contributed by atoms with van der Waals surface area (Å²) < 4.78 is 78.7. The van der Waals surface area contributed by atoms with Crippen LogP contribution in [0.4, 0.5) is 27.8 Å². The number of ether oxygens (including phenoxy) is 1. The summed E-state index contributed by atoms with van der Waals surface area (Å²) in [5, 5.41) is 13.0. The van der Waals surface area contributed by atoms with Crippen LogP contribution in [-0.4, -0.2) is 81.5 Å². The number of hydrogen-bond acceptors (Lipinski definition) is 8. The molecule has 0 radical (unpaired) electrons. The van der Waals surface area contributed by atoms with Gasteiger partial charge < -0.3 is 20.1 Å². The molecule has 4 aliphatic rings. The second-order valence-corrected chi connectivity index (χ2v) is 12.2. The predicted molar refractivity (Wildman–Crippen MR) is 145 cm³/mol. The summed E-state index contributed by atoms with van der Waals surface area (Å²) in [7, 11) is 0. The minimum absolute atomic E-state index is 0.102. The Labute approximate surface area is 242 Å². The van der Waals surface area contributed by atoms with Crippen molar-refractivity contribution in [1.29, 1.82) is 0 Å². The number of benzene rings is 1. The zero-order chi connectivity index (χ0) is 29.4. The molecule has 8 nitrogen and oxygen atoms in total. The molecule has 4 aliphatic heterocycles. The fourth-order valence-electron chi connectivity index (χ4n) is 7.20. The van der Waals surface area contributed by atoms with Gasteiger partial charge in [-0.25, -0.2) is 8.78 Å². The van der Waals surface area contributed by atoms with Crippen molar-refractivity contribution in [3.05, 3.63) is 34.7 Å². The van der Waals surface area contributed by atoms with E-state index in [9.17, 15) is 22.7 Å². The van der Waals surface area contributed by atoms with Crippen molar-refractivity contribution >= 4 is 28.3 Å². The first-order valence-corrected chi connectivity index (χ1v) is 14.4. The highest BCUT2D eigenvalue weighted by Crippen LogP contribution is 2.45. The lowest BCUT2D eigenvalue weighted by Crippen LogP contribution is -2.51. The third kappa shape index (κ3) is 4.69. The summed E-state index contributed by atoms with van der Waals surface area (Å²) in [4.78, 5) is 17.1. The molecule has 4 saturated heterocycles. The number of pyridine rings is 1. The number of aromatic hydroxyl groups is 1. The van der Waals surface area contributed by atoms with Crippen molar-refractivity contribution < 1.29 is 31.8 Å². The van der Waals surface area contributed by atoms with E-state index >= 15 is 4.39 Å². The molecule has 14 heteroatoms. The van der Waals surface area contributed by atoms with Crippen LogP contribution in [0.15, 0.2) is 18.3 Å². The van der Waals surface area contributed by atoms with Crippen LogP contribution in [0, 0.1) is 5.82 Å². The first kappa shape index (κ1) is 27.8. The van der Waals surface area contributed by atoms with E-state index in [2.05, 4.69) is 25.2 Å². The summed E-state index contributed by atoms with van der Waals surface area (Å²) in [5.41, 5.74) is -3.47. The van der Waals surface area contributed by atoms with Crippen LogP contribution in [-0.2, 0) is 6.18 Å². The molecule has 42 heavy (non-hydrogen) atoms. The van der Waals surface area contributed by atoms with Crippen LogP contribution in [0.3, 0.4) is 0 Å². The number of fused-ring (bicyclic) bond motifs is 4. The molecule has 2 N–H and O–H groups in total. The zero-order valence-electron chi connectivity index (χ0n) is 22.4. The third-order valence-corrected chi connectivity index (χ3v) is 9.30. The Morgan fingerprint density at radius 1 is 1.14 bits per heavy atom. The standard InChI is InChI=1S/C28H28ClF5N6O2/c29-20-7-17(41)6-18(21(20)28(32,33)34)23-22(31)24-19(9-35-23)25(39-11-15-2-3-16(12-39)36-15)38-26(37-24)42-13-27-4-1-5-40(27)10-14(30)8-27/h6-7,9,14-16,36,41H,1-5,8,10-13H2/t14-,15?,16?,27+/m1/s1. The number of nitrogens with zero attached hydrogens (tertiary/aromatic N) is 5. The van der Waals surface area contributed by atoms with Crippen LogP contribution < -0.4 is 15.0 Å². The number of piperazine rings is 1. The maximum atomic E-state index is 16.3. The van der Waals surface area contributed by atoms with E-state index in [1.165, 1.54) is 6.20 Å². The summed E-state index contributed by atoms with van der Waals surface area (Å²) >= 11 is 5.86. The maximum Gasteiger partial charge on any atom is 0.418 e. The minimum atomic E-state index is -4.95. The minimum Gasteiger partial charge on any atom is -0.508 e. The average Bonchev–Trinajstić information content (AvgIpc) is 3.56. The highest BCUT2D eigenvalue weighted by molar-refractivity contribution is 6.32. The summed E-state index contributed by atoms with van der Waals surface area (Å²) in [6, 6.07) is 1.80. The fourth-order valence-corrected chi connectivity index (χ4v) is 7.52. The molecule has 0 saturated carbocycles. The number of phenolic OH excluding ortho intramolecular Hbond substituents is 1. The van der Waals surface area contributed by atoms with Gasteiger partial charge in [0.15, 0.2) is 5.82 Å². The number of halogens is 6. The van der Waals surface area contributed by atoms with Crippen LogP contribution in [0.2, 0.25) is 5.02 Å². The summed E-state index contributed by atoms with van der Waals surface area (Å²) in [6.45, 7) is 2.37. The second kappa shape index (κ2) is 10.0. The second-order valence-electron chi connectivity index (χ2n) is 11.8. The number of alkyl halides is 4. The number of phenols is 1. The molecule has 224 valence electrons. The molecular formula is C28H28ClF5N6O2. The van der Waals surface area contributed by atoms with Gasteiger partial charge >= 0.3 is 12.2 Å². The van der Waals surface area contributed by atoms with E-state index in [1.54, 1.807) is 0 Å². The van der Waals surface area contributed by atoms with Crippen LogP contribution in [0.5, 0.6) is 11.8 Å². The van der Waals surface area contributed by atoms with E-state index in [1.807, 2.05) is 4.90 Å². The average molecular weight is 611 g/mol. The molecule has 2 aromatic heterocycles. The van der Waals surface area contributed by atoms with Crippen molar-refractivity contribution in [2.24, 2.45) is 0 Å². The monoisotopic (exact) mass is 610 g/mol. The van der Waals surface area contributed by atoms with Gasteiger partial charge in [0.25, 0.3) is 0 Å². The lowest BCUT2D eigenvalue weighted by Gasteiger charge is -2.34. The van der Waals surface area contributed by atoms with Crippen molar-refractivity contribution in [2.75, 3.05) is 37.7 Å². The molecule has 7 rings (SSSR count). The molecule has 4 atom stereocenters. The van der Waals surface area contributed by atoms with Crippen molar-refractivity contribution in [1.82, 2.24) is 25.2 Å². The van der Waals surface area contributed by atoms with E-state index < -0.39 is 51.3 Å². The van der Waals surface area contributed by atoms with Crippen molar-refractivity contribution in [3.63, 3.8) is 0 Å². The van der Waals surface area contributed by atoms with Gasteiger partial charge in [-0.05, 0) is 44.4 Å². The predicted octanol–water partition coefficient (Wildman–Crippen LogP) is 5.10. The quantitative estimate of drug-likeness (QED) is 0.386. The van der Waals surface area contributed by atoms with Crippen molar-refractivity contribution in [2.45, 2.75) is 62.1 Å². The Bertz CT molecular complexity index is 1550. The number of aromatic nitrogens is 3.